The first kappa shape index (κ1) is 19.7. The average molecular weight is 386 g/mol. The normalized spacial score (nSPS) is 16.5. The molecule has 0 bridgehead atoms. The standard InChI is InChI=1S/C21H23FN2O4/c1-12(2)28-19-10-15(25)5-6-17(19)23-21(27)14-9-20(26)24(11-14)18-7-4-13(3)8-16(18)22/h4-8,10,12,14,25H,9,11H2,1-3H3,(H,23,27). The van der Waals surface area contributed by atoms with Gasteiger partial charge in [0.15, 0.2) is 0 Å². The van der Waals surface area contributed by atoms with E-state index < -0.39 is 11.7 Å². The molecule has 1 atom stereocenters. The third kappa shape index (κ3) is 4.24. The predicted molar refractivity (Wildman–Crippen MR) is 104 cm³/mol. The van der Waals surface area contributed by atoms with Crippen LogP contribution in [0.4, 0.5) is 15.8 Å². The van der Waals surface area contributed by atoms with Crippen molar-refractivity contribution in [1.29, 1.82) is 0 Å². The van der Waals surface area contributed by atoms with Crippen LogP contribution in [0.5, 0.6) is 11.5 Å². The zero-order valence-corrected chi connectivity index (χ0v) is 16.0. The summed E-state index contributed by atoms with van der Waals surface area (Å²) in [6, 6.07) is 9.05. The summed E-state index contributed by atoms with van der Waals surface area (Å²) < 4.78 is 19.9. The number of carbonyl (C=O) groups is 2. The Kier molecular flexibility index (Phi) is 5.53. The van der Waals surface area contributed by atoms with Gasteiger partial charge in [0.2, 0.25) is 11.8 Å². The summed E-state index contributed by atoms with van der Waals surface area (Å²) in [5.74, 6) is -1.40. The Labute approximate surface area is 162 Å². The number of hydrogen-bond donors (Lipinski definition) is 2. The molecule has 1 heterocycles. The van der Waals surface area contributed by atoms with Gasteiger partial charge in [-0.25, -0.2) is 4.39 Å². The molecule has 3 rings (SSSR count). The lowest BCUT2D eigenvalue weighted by molar-refractivity contribution is -0.122. The highest BCUT2D eigenvalue weighted by Gasteiger charge is 2.36. The van der Waals surface area contributed by atoms with Gasteiger partial charge >= 0.3 is 0 Å². The maximum atomic E-state index is 14.2. The highest BCUT2D eigenvalue weighted by Crippen LogP contribution is 2.32. The lowest BCUT2D eigenvalue weighted by atomic mass is 10.1. The van der Waals surface area contributed by atoms with E-state index in [0.29, 0.717) is 11.4 Å². The third-order valence-corrected chi connectivity index (χ3v) is 4.48. The maximum Gasteiger partial charge on any atom is 0.229 e. The van der Waals surface area contributed by atoms with E-state index >= 15 is 0 Å². The van der Waals surface area contributed by atoms with Crippen molar-refractivity contribution in [2.45, 2.75) is 33.3 Å². The highest BCUT2D eigenvalue weighted by molar-refractivity contribution is 6.04. The van der Waals surface area contributed by atoms with Gasteiger partial charge in [0, 0.05) is 19.0 Å². The van der Waals surface area contributed by atoms with Crippen molar-refractivity contribution in [2.24, 2.45) is 5.92 Å². The van der Waals surface area contributed by atoms with E-state index in [1.165, 1.54) is 23.1 Å². The van der Waals surface area contributed by atoms with Crippen LogP contribution in [0, 0.1) is 18.7 Å². The zero-order valence-electron chi connectivity index (χ0n) is 16.0. The number of anilines is 2. The Morgan fingerprint density at radius 3 is 2.71 bits per heavy atom. The van der Waals surface area contributed by atoms with Crippen molar-refractivity contribution in [2.75, 3.05) is 16.8 Å². The minimum Gasteiger partial charge on any atom is -0.508 e. The number of phenolic OH excluding ortho intramolecular Hbond substituents is 1. The lowest BCUT2D eigenvalue weighted by Gasteiger charge is -2.19. The van der Waals surface area contributed by atoms with E-state index in [0.717, 1.165) is 5.56 Å². The summed E-state index contributed by atoms with van der Waals surface area (Å²) >= 11 is 0. The molecule has 1 fully saturated rings. The second-order valence-electron chi connectivity index (χ2n) is 7.20. The SMILES string of the molecule is Cc1ccc(N2CC(C(=O)Nc3ccc(O)cc3OC(C)C)CC2=O)c(F)c1. The van der Waals surface area contributed by atoms with Crippen molar-refractivity contribution in [3.8, 4) is 11.5 Å². The van der Waals surface area contributed by atoms with E-state index in [9.17, 15) is 19.1 Å². The number of aryl methyl sites for hydroxylation is 1. The van der Waals surface area contributed by atoms with E-state index in [4.69, 9.17) is 4.74 Å². The van der Waals surface area contributed by atoms with Crippen LogP contribution in [0.2, 0.25) is 0 Å². The van der Waals surface area contributed by atoms with Crippen LogP contribution in [0.15, 0.2) is 36.4 Å². The number of aromatic hydroxyl groups is 1. The topological polar surface area (TPSA) is 78.9 Å². The fourth-order valence-electron chi connectivity index (χ4n) is 3.15. The Morgan fingerprint density at radius 2 is 2.04 bits per heavy atom. The summed E-state index contributed by atoms with van der Waals surface area (Å²) in [6.07, 6.45) is -0.150. The molecule has 0 radical (unpaired) electrons. The van der Waals surface area contributed by atoms with Gasteiger partial charge in [0.05, 0.1) is 23.4 Å². The van der Waals surface area contributed by atoms with Gasteiger partial charge < -0.3 is 20.1 Å². The first-order valence-corrected chi connectivity index (χ1v) is 9.11. The monoisotopic (exact) mass is 386 g/mol. The average Bonchev–Trinajstić information content (AvgIpc) is 2.98. The van der Waals surface area contributed by atoms with Crippen molar-refractivity contribution in [1.82, 2.24) is 0 Å². The number of rotatable bonds is 5. The number of hydrogen-bond acceptors (Lipinski definition) is 4. The summed E-state index contributed by atoms with van der Waals surface area (Å²) in [6.45, 7) is 5.53. The minimum absolute atomic E-state index is 0.00238. The summed E-state index contributed by atoms with van der Waals surface area (Å²) in [5, 5.41) is 12.4. The smallest absolute Gasteiger partial charge is 0.229 e. The maximum absolute atomic E-state index is 14.2. The Balaban J connectivity index is 1.75. The molecule has 0 aliphatic carbocycles. The van der Waals surface area contributed by atoms with E-state index in [-0.39, 0.29) is 42.3 Å². The minimum atomic E-state index is -0.617. The number of amides is 2. The number of ether oxygens (including phenoxy) is 1. The molecule has 28 heavy (non-hydrogen) atoms. The van der Waals surface area contributed by atoms with E-state index in [1.54, 1.807) is 25.1 Å². The number of phenols is 1. The van der Waals surface area contributed by atoms with Gasteiger partial charge in [0.1, 0.15) is 17.3 Å². The van der Waals surface area contributed by atoms with Crippen molar-refractivity contribution in [3.63, 3.8) is 0 Å². The molecule has 1 aliphatic rings. The van der Waals surface area contributed by atoms with Gasteiger partial charge in [-0.2, -0.15) is 0 Å². The van der Waals surface area contributed by atoms with E-state index in [2.05, 4.69) is 5.32 Å². The number of halogens is 1. The quantitative estimate of drug-likeness (QED) is 0.770. The van der Waals surface area contributed by atoms with Gasteiger partial charge in [-0.15, -0.1) is 0 Å². The molecule has 2 N–H and O–H groups in total. The van der Waals surface area contributed by atoms with Crippen LogP contribution in [0.25, 0.3) is 0 Å². The van der Waals surface area contributed by atoms with Gasteiger partial charge in [-0.3, -0.25) is 9.59 Å². The van der Waals surface area contributed by atoms with Crippen LogP contribution in [-0.2, 0) is 9.59 Å². The van der Waals surface area contributed by atoms with Crippen molar-refractivity contribution < 1.29 is 23.8 Å². The Bertz CT molecular complexity index is 913. The second kappa shape index (κ2) is 7.88. The molecule has 1 unspecified atom stereocenters. The van der Waals surface area contributed by atoms with Gasteiger partial charge in [-0.05, 0) is 50.6 Å². The first-order chi connectivity index (χ1) is 13.2. The van der Waals surface area contributed by atoms with Crippen LogP contribution in [-0.4, -0.2) is 29.6 Å². The van der Waals surface area contributed by atoms with Crippen molar-refractivity contribution in [3.05, 3.63) is 47.8 Å². The molecular weight excluding hydrogens is 363 g/mol. The molecule has 6 nitrogen and oxygen atoms in total. The molecule has 1 saturated heterocycles. The molecule has 0 aromatic heterocycles. The highest BCUT2D eigenvalue weighted by atomic mass is 19.1. The summed E-state index contributed by atoms with van der Waals surface area (Å²) in [4.78, 5) is 26.4. The summed E-state index contributed by atoms with van der Waals surface area (Å²) in [5.41, 5.74) is 1.34. The molecule has 0 spiro atoms. The molecular formula is C21H23FN2O4. The molecule has 148 valence electrons. The van der Waals surface area contributed by atoms with Gasteiger partial charge in [-0.1, -0.05) is 6.07 Å². The first-order valence-electron chi connectivity index (χ1n) is 9.11. The lowest BCUT2D eigenvalue weighted by Crippen LogP contribution is -2.29. The zero-order chi connectivity index (χ0) is 20.4. The number of carbonyl (C=O) groups excluding carboxylic acids is 2. The predicted octanol–water partition coefficient (Wildman–Crippen LogP) is 3.62. The second-order valence-corrected chi connectivity index (χ2v) is 7.20. The molecule has 2 amide bonds. The molecule has 7 heteroatoms. The number of benzene rings is 2. The molecule has 2 aromatic rings. The van der Waals surface area contributed by atoms with Gasteiger partial charge in [0.25, 0.3) is 0 Å². The third-order valence-electron chi connectivity index (χ3n) is 4.48. The van der Waals surface area contributed by atoms with Crippen LogP contribution in [0.3, 0.4) is 0 Å². The Morgan fingerprint density at radius 1 is 1.29 bits per heavy atom. The number of nitrogens with one attached hydrogen (secondary N) is 1. The fraction of sp³-hybridized carbons (Fsp3) is 0.333. The Hall–Kier alpha value is -3.09. The summed E-state index contributed by atoms with van der Waals surface area (Å²) in [7, 11) is 0. The largest absolute Gasteiger partial charge is 0.508 e. The number of nitrogens with zero attached hydrogens (tertiary/aromatic N) is 1. The van der Waals surface area contributed by atoms with Crippen LogP contribution in [0.1, 0.15) is 25.8 Å². The van der Waals surface area contributed by atoms with Crippen LogP contribution >= 0.6 is 0 Å². The fourth-order valence-corrected chi connectivity index (χ4v) is 3.15. The van der Waals surface area contributed by atoms with Crippen molar-refractivity contribution >= 4 is 23.2 Å². The molecule has 2 aromatic carbocycles. The van der Waals surface area contributed by atoms with Crippen LogP contribution < -0.4 is 15.0 Å². The molecule has 1 aliphatic heterocycles. The van der Waals surface area contributed by atoms with E-state index in [1.807, 2.05) is 13.8 Å². The molecule has 0 saturated carbocycles.